The van der Waals surface area contributed by atoms with E-state index in [-0.39, 0.29) is 12.4 Å². The first-order valence-corrected chi connectivity index (χ1v) is 6.41. The van der Waals surface area contributed by atoms with Gasteiger partial charge in [-0.1, -0.05) is 12.1 Å². The van der Waals surface area contributed by atoms with E-state index in [1.807, 2.05) is 18.0 Å². The van der Waals surface area contributed by atoms with Crippen molar-refractivity contribution in [3.8, 4) is 0 Å². The number of hydrogen-bond acceptors (Lipinski definition) is 3. The topological polar surface area (TPSA) is 40.7 Å². The largest absolute Gasteiger partial charge is 0.312 e. The summed E-state index contributed by atoms with van der Waals surface area (Å²) in [5, 5.41) is 11.6. The Labute approximate surface area is 106 Å². The van der Waals surface area contributed by atoms with Crippen LogP contribution < -0.4 is 5.32 Å². The van der Waals surface area contributed by atoms with Crippen molar-refractivity contribution in [2.75, 3.05) is 18.6 Å². The summed E-state index contributed by atoms with van der Waals surface area (Å²) in [6.07, 6.45) is 3.97. The van der Waals surface area contributed by atoms with Crippen molar-refractivity contribution in [2.45, 2.75) is 6.54 Å². The predicted molar refractivity (Wildman–Crippen MR) is 73.4 cm³/mol. The molecule has 0 aliphatic heterocycles. The van der Waals surface area contributed by atoms with Gasteiger partial charge in [0.25, 0.3) is 0 Å². The van der Waals surface area contributed by atoms with Gasteiger partial charge >= 0.3 is 0 Å². The fraction of sp³-hybridized carbons (Fsp3) is 0.364. The summed E-state index contributed by atoms with van der Waals surface area (Å²) in [4.78, 5) is 0. The van der Waals surface area contributed by atoms with Crippen LogP contribution in [-0.4, -0.2) is 28.8 Å². The predicted octanol–water partition coefficient (Wildman–Crippen LogP) is 2.44. The average molecular weight is 258 g/mol. The lowest BCUT2D eigenvalue weighted by molar-refractivity contribution is 0.733. The van der Waals surface area contributed by atoms with Crippen molar-refractivity contribution >= 4 is 35.1 Å². The monoisotopic (exact) mass is 257 g/mol. The van der Waals surface area contributed by atoms with E-state index in [1.54, 1.807) is 0 Å². The quantitative estimate of drug-likeness (QED) is 0.809. The summed E-state index contributed by atoms with van der Waals surface area (Å²) in [5.41, 5.74) is 2.41. The normalized spacial score (nSPS) is 10.3. The minimum Gasteiger partial charge on any atom is -0.312 e. The SMILES string of the molecule is CSCCNCc1ccc2cn[nH]c2c1.Cl. The highest BCUT2D eigenvalue weighted by atomic mass is 35.5. The number of benzene rings is 1. The smallest absolute Gasteiger partial charge is 0.0653 e. The molecular weight excluding hydrogens is 242 g/mol. The molecule has 0 atom stereocenters. The zero-order chi connectivity index (χ0) is 10.5. The van der Waals surface area contributed by atoms with Crippen LogP contribution in [-0.2, 0) is 6.54 Å². The van der Waals surface area contributed by atoms with E-state index < -0.39 is 0 Å². The molecule has 0 bridgehead atoms. The summed E-state index contributed by atoms with van der Waals surface area (Å²) >= 11 is 1.86. The number of nitrogens with one attached hydrogen (secondary N) is 2. The second-order valence-corrected chi connectivity index (χ2v) is 4.45. The minimum atomic E-state index is 0. The van der Waals surface area contributed by atoms with Crippen LogP contribution in [0.25, 0.3) is 10.9 Å². The van der Waals surface area contributed by atoms with E-state index in [4.69, 9.17) is 0 Å². The highest BCUT2D eigenvalue weighted by molar-refractivity contribution is 7.98. The fourth-order valence-corrected chi connectivity index (χ4v) is 1.85. The summed E-state index contributed by atoms with van der Waals surface area (Å²) in [5.74, 6) is 1.16. The van der Waals surface area contributed by atoms with Gasteiger partial charge in [0.15, 0.2) is 0 Å². The molecule has 88 valence electrons. The molecular formula is C11H16ClN3S. The minimum absolute atomic E-state index is 0. The molecule has 1 aromatic heterocycles. The van der Waals surface area contributed by atoms with Crippen LogP contribution in [0, 0.1) is 0 Å². The van der Waals surface area contributed by atoms with Gasteiger partial charge in [-0.3, -0.25) is 5.10 Å². The Morgan fingerprint density at radius 2 is 2.31 bits per heavy atom. The number of aromatic nitrogens is 2. The van der Waals surface area contributed by atoms with Crippen molar-refractivity contribution in [2.24, 2.45) is 0 Å². The lowest BCUT2D eigenvalue weighted by atomic mass is 10.2. The van der Waals surface area contributed by atoms with Crippen molar-refractivity contribution in [3.63, 3.8) is 0 Å². The van der Waals surface area contributed by atoms with Gasteiger partial charge in [-0.2, -0.15) is 16.9 Å². The first-order chi connectivity index (χ1) is 7.40. The standard InChI is InChI=1S/C11H15N3S.ClH/c1-15-5-4-12-7-9-2-3-10-8-13-14-11(10)6-9;/h2-3,6,8,12H,4-5,7H2,1H3,(H,13,14);1H. The third kappa shape index (κ3) is 3.40. The molecule has 2 N–H and O–H groups in total. The second-order valence-electron chi connectivity index (χ2n) is 3.46. The Bertz CT molecular complexity index is 430. The molecule has 0 aliphatic carbocycles. The number of fused-ring (bicyclic) bond motifs is 1. The number of aromatic amines is 1. The number of halogens is 1. The molecule has 0 radical (unpaired) electrons. The molecule has 0 saturated carbocycles. The van der Waals surface area contributed by atoms with E-state index in [9.17, 15) is 0 Å². The van der Waals surface area contributed by atoms with Crippen LogP contribution >= 0.6 is 24.2 Å². The summed E-state index contributed by atoms with van der Waals surface area (Å²) < 4.78 is 0. The van der Waals surface area contributed by atoms with Crippen molar-refractivity contribution in [1.82, 2.24) is 15.5 Å². The van der Waals surface area contributed by atoms with Crippen LogP contribution in [0.5, 0.6) is 0 Å². The molecule has 0 aliphatic rings. The molecule has 2 rings (SSSR count). The van der Waals surface area contributed by atoms with Crippen molar-refractivity contribution in [3.05, 3.63) is 30.0 Å². The van der Waals surface area contributed by atoms with Gasteiger partial charge in [0.2, 0.25) is 0 Å². The van der Waals surface area contributed by atoms with E-state index in [2.05, 4.69) is 40.0 Å². The Morgan fingerprint density at radius 3 is 3.12 bits per heavy atom. The van der Waals surface area contributed by atoms with Crippen molar-refractivity contribution in [1.29, 1.82) is 0 Å². The van der Waals surface area contributed by atoms with Gasteiger partial charge in [0.05, 0.1) is 11.7 Å². The summed E-state index contributed by atoms with van der Waals surface area (Å²) in [6.45, 7) is 1.98. The fourth-order valence-electron chi connectivity index (χ4n) is 1.50. The van der Waals surface area contributed by atoms with Gasteiger partial charge in [-0.15, -0.1) is 12.4 Å². The molecule has 3 nitrogen and oxygen atoms in total. The number of hydrogen-bond donors (Lipinski definition) is 2. The van der Waals surface area contributed by atoms with Crippen LogP contribution in [0.3, 0.4) is 0 Å². The molecule has 0 unspecified atom stereocenters. The Hall–Kier alpha value is -0.710. The summed E-state index contributed by atoms with van der Waals surface area (Å²) in [6, 6.07) is 6.39. The van der Waals surface area contributed by atoms with Gasteiger partial charge in [0.1, 0.15) is 0 Å². The summed E-state index contributed by atoms with van der Waals surface area (Å²) in [7, 11) is 0. The lowest BCUT2D eigenvalue weighted by Gasteiger charge is -2.03. The number of H-pyrrole nitrogens is 1. The van der Waals surface area contributed by atoms with Gasteiger partial charge in [-0.05, 0) is 17.9 Å². The zero-order valence-corrected chi connectivity index (χ0v) is 10.8. The maximum Gasteiger partial charge on any atom is 0.0653 e. The van der Waals surface area contributed by atoms with Crippen LogP contribution in [0.1, 0.15) is 5.56 Å². The molecule has 16 heavy (non-hydrogen) atoms. The lowest BCUT2D eigenvalue weighted by Crippen LogP contribution is -2.16. The first kappa shape index (κ1) is 13.4. The molecule has 1 aromatic carbocycles. The Kier molecular flexibility index (Phi) is 5.66. The van der Waals surface area contributed by atoms with Gasteiger partial charge < -0.3 is 5.32 Å². The molecule has 0 saturated heterocycles. The molecule has 2 aromatic rings. The number of rotatable bonds is 5. The molecule has 0 spiro atoms. The molecule has 1 heterocycles. The third-order valence-electron chi connectivity index (χ3n) is 2.32. The molecule has 0 amide bonds. The Morgan fingerprint density at radius 1 is 1.44 bits per heavy atom. The van der Waals surface area contributed by atoms with Crippen molar-refractivity contribution < 1.29 is 0 Å². The van der Waals surface area contributed by atoms with E-state index in [1.165, 1.54) is 10.9 Å². The first-order valence-electron chi connectivity index (χ1n) is 5.02. The third-order valence-corrected chi connectivity index (χ3v) is 2.93. The number of thioether (sulfide) groups is 1. The maximum atomic E-state index is 4.00. The second kappa shape index (κ2) is 6.78. The van der Waals surface area contributed by atoms with Crippen LogP contribution in [0.4, 0.5) is 0 Å². The van der Waals surface area contributed by atoms with Gasteiger partial charge in [0, 0.05) is 24.2 Å². The Balaban J connectivity index is 0.00000128. The maximum absolute atomic E-state index is 4.00. The average Bonchev–Trinajstić information content (AvgIpc) is 2.71. The van der Waals surface area contributed by atoms with E-state index in [0.717, 1.165) is 24.4 Å². The van der Waals surface area contributed by atoms with E-state index >= 15 is 0 Å². The molecule has 5 heteroatoms. The van der Waals surface area contributed by atoms with Crippen LogP contribution in [0.2, 0.25) is 0 Å². The molecule has 0 fully saturated rings. The highest BCUT2D eigenvalue weighted by Gasteiger charge is 1.97. The zero-order valence-electron chi connectivity index (χ0n) is 9.19. The number of nitrogens with zero attached hydrogens (tertiary/aromatic N) is 1. The van der Waals surface area contributed by atoms with Crippen LogP contribution in [0.15, 0.2) is 24.4 Å². The van der Waals surface area contributed by atoms with E-state index in [0.29, 0.717) is 0 Å². The highest BCUT2D eigenvalue weighted by Crippen LogP contribution is 2.12. The van der Waals surface area contributed by atoms with Gasteiger partial charge in [-0.25, -0.2) is 0 Å².